The second-order valence-corrected chi connectivity index (χ2v) is 18.8. The number of ether oxygens (including phenoxy) is 2. The molecule has 0 radical (unpaired) electrons. The van der Waals surface area contributed by atoms with E-state index in [2.05, 4.69) is 67.5 Å². The van der Waals surface area contributed by atoms with Crippen molar-refractivity contribution in [2.24, 2.45) is 4.99 Å². The first kappa shape index (κ1) is 28.6. The number of aryl methyl sites for hydroxylation is 1. The highest BCUT2D eigenvalue weighted by Crippen LogP contribution is 2.34. The minimum atomic E-state index is -1.17. The molecule has 4 aromatic rings. The average molecular weight is 636 g/mol. The molecule has 0 N–H and O–H groups in total. The van der Waals surface area contributed by atoms with Gasteiger partial charge >= 0.3 is 5.97 Å². The molecule has 0 aliphatic rings. The predicted octanol–water partition coefficient (Wildman–Crippen LogP) is 6.51. The van der Waals surface area contributed by atoms with Crippen LogP contribution in [0.1, 0.15) is 23.0 Å². The molecule has 0 amide bonds. The van der Waals surface area contributed by atoms with Gasteiger partial charge in [0, 0.05) is 21.7 Å². The highest BCUT2D eigenvalue weighted by molar-refractivity contribution is 9.11. The first-order chi connectivity index (χ1) is 18.1. The molecule has 0 aliphatic carbocycles. The van der Waals surface area contributed by atoms with Gasteiger partial charge in [-0.15, -0.1) is 10.2 Å². The number of anilines is 2. The van der Waals surface area contributed by atoms with E-state index in [9.17, 15) is 4.79 Å². The topological polar surface area (TPSA) is 94.7 Å². The SMILES string of the molecule is CCOC(=O)c1nc(N(C)c2cc(C)c(/N=c3\sc4ccccc4n3COCC[Si](C)(C)C)nn2)sc1Br. The maximum atomic E-state index is 12.2. The molecular weight excluding hydrogens is 604 g/mol. The summed E-state index contributed by atoms with van der Waals surface area (Å²) in [5.41, 5.74) is 2.20. The molecule has 0 fully saturated rings. The molecule has 0 saturated carbocycles. The summed E-state index contributed by atoms with van der Waals surface area (Å²) in [7, 11) is 0.659. The van der Waals surface area contributed by atoms with Crippen molar-refractivity contribution in [3.63, 3.8) is 0 Å². The first-order valence-electron chi connectivity index (χ1n) is 12.2. The van der Waals surface area contributed by atoms with E-state index in [0.717, 1.165) is 33.2 Å². The fourth-order valence-corrected chi connectivity index (χ4v) is 6.67. The second-order valence-electron chi connectivity index (χ2n) is 9.85. The summed E-state index contributed by atoms with van der Waals surface area (Å²) in [6.45, 7) is 12.2. The van der Waals surface area contributed by atoms with Crippen LogP contribution in [0.15, 0.2) is 39.1 Å². The predicted molar refractivity (Wildman–Crippen MR) is 160 cm³/mol. The Bertz CT molecular complexity index is 1510. The van der Waals surface area contributed by atoms with Gasteiger partial charge in [-0.2, -0.15) is 4.99 Å². The van der Waals surface area contributed by atoms with Crippen LogP contribution in [0.5, 0.6) is 0 Å². The van der Waals surface area contributed by atoms with Crippen molar-refractivity contribution in [3.05, 3.63) is 50.2 Å². The zero-order valence-electron chi connectivity index (χ0n) is 22.3. The van der Waals surface area contributed by atoms with Crippen LogP contribution in [0.4, 0.5) is 16.8 Å². The third-order valence-corrected chi connectivity index (χ3v) is 10.2. The van der Waals surface area contributed by atoms with Crippen molar-refractivity contribution in [1.29, 1.82) is 0 Å². The zero-order valence-corrected chi connectivity index (χ0v) is 26.5. The molecule has 13 heteroatoms. The van der Waals surface area contributed by atoms with Gasteiger partial charge in [0.1, 0.15) is 10.5 Å². The van der Waals surface area contributed by atoms with Gasteiger partial charge in [-0.25, -0.2) is 9.78 Å². The van der Waals surface area contributed by atoms with Gasteiger partial charge < -0.3 is 14.4 Å². The van der Waals surface area contributed by atoms with Crippen molar-refractivity contribution in [2.45, 2.75) is 46.3 Å². The smallest absolute Gasteiger partial charge is 0.359 e. The van der Waals surface area contributed by atoms with Gasteiger partial charge in [-0.1, -0.05) is 54.4 Å². The number of carbonyl (C=O) groups is 1. The lowest BCUT2D eigenvalue weighted by molar-refractivity contribution is 0.0519. The van der Waals surface area contributed by atoms with E-state index in [0.29, 0.717) is 27.3 Å². The maximum absolute atomic E-state index is 12.2. The fourth-order valence-electron chi connectivity index (χ4n) is 3.45. The molecule has 3 aromatic heterocycles. The Morgan fingerprint density at radius 3 is 2.68 bits per heavy atom. The van der Waals surface area contributed by atoms with Crippen LogP contribution in [-0.4, -0.2) is 54.1 Å². The Labute approximate surface area is 239 Å². The standard InChI is InChI=1S/C25H31BrN6O3S2Si/c1-7-35-23(33)20-21(26)37-24(27-20)31(3)19-14-16(2)22(30-29-19)28-25-32(15-34-12-13-38(4,5)6)17-10-8-9-11-18(17)36-25/h8-11,14H,7,12-13,15H2,1-6H3/b28-25-. The quantitative estimate of drug-likeness (QED) is 0.111. The van der Waals surface area contributed by atoms with Gasteiger partial charge in [0.2, 0.25) is 0 Å². The van der Waals surface area contributed by atoms with Crippen molar-refractivity contribution in [2.75, 3.05) is 25.2 Å². The van der Waals surface area contributed by atoms with Crippen molar-refractivity contribution >= 4 is 79.6 Å². The van der Waals surface area contributed by atoms with E-state index in [1.165, 1.54) is 11.3 Å². The molecule has 38 heavy (non-hydrogen) atoms. The Hall–Kier alpha value is -2.45. The van der Waals surface area contributed by atoms with Crippen LogP contribution in [0.3, 0.4) is 0 Å². The summed E-state index contributed by atoms with van der Waals surface area (Å²) in [6.07, 6.45) is 0. The first-order valence-corrected chi connectivity index (χ1v) is 18.3. The van der Waals surface area contributed by atoms with Crippen LogP contribution in [0.25, 0.3) is 10.2 Å². The largest absolute Gasteiger partial charge is 0.461 e. The summed E-state index contributed by atoms with van der Waals surface area (Å²) in [5, 5.41) is 9.43. The summed E-state index contributed by atoms with van der Waals surface area (Å²) >= 11 is 6.34. The molecule has 0 atom stereocenters. The third kappa shape index (κ3) is 6.75. The van der Waals surface area contributed by atoms with E-state index in [4.69, 9.17) is 14.5 Å². The van der Waals surface area contributed by atoms with Crippen molar-refractivity contribution in [3.8, 4) is 0 Å². The maximum Gasteiger partial charge on any atom is 0.359 e. The van der Waals surface area contributed by atoms with Gasteiger partial charge in [-0.05, 0) is 59.6 Å². The normalized spacial score (nSPS) is 12.3. The van der Waals surface area contributed by atoms with Gasteiger partial charge in [0.15, 0.2) is 27.3 Å². The molecule has 4 rings (SSSR count). The summed E-state index contributed by atoms with van der Waals surface area (Å²) < 4.78 is 15.0. The number of thiazole rings is 2. The molecule has 1 aromatic carbocycles. The molecule has 0 spiro atoms. The lowest BCUT2D eigenvalue weighted by Gasteiger charge is -2.16. The van der Waals surface area contributed by atoms with E-state index in [1.807, 2.05) is 32.2 Å². The number of aromatic nitrogens is 4. The Balaban J connectivity index is 1.61. The fraction of sp³-hybridized carbons (Fsp3) is 0.400. The summed E-state index contributed by atoms with van der Waals surface area (Å²) in [6, 6.07) is 11.2. The number of para-hydroxylation sites is 1. The molecule has 0 aliphatic heterocycles. The summed E-state index contributed by atoms with van der Waals surface area (Å²) in [5.74, 6) is 0.668. The van der Waals surface area contributed by atoms with Gasteiger partial charge in [-0.3, -0.25) is 4.57 Å². The van der Waals surface area contributed by atoms with Gasteiger partial charge in [0.05, 0.1) is 16.8 Å². The monoisotopic (exact) mass is 634 g/mol. The molecule has 9 nitrogen and oxygen atoms in total. The molecular formula is C25H31BrN6O3S2Si. The minimum absolute atomic E-state index is 0.247. The number of rotatable bonds is 10. The summed E-state index contributed by atoms with van der Waals surface area (Å²) in [4.78, 5) is 24.1. The van der Waals surface area contributed by atoms with Crippen LogP contribution in [0.2, 0.25) is 25.7 Å². The molecule has 0 saturated heterocycles. The highest BCUT2D eigenvalue weighted by atomic mass is 79.9. The Morgan fingerprint density at radius 1 is 1.21 bits per heavy atom. The van der Waals surface area contributed by atoms with E-state index >= 15 is 0 Å². The van der Waals surface area contributed by atoms with Crippen molar-refractivity contribution in [1.82, 2.24) is 19.7 Å². The number of esters is 1. The highest BCUT2D eigenvalue weighted by Gasteiger charge is 2.21. The van der Waals surface area contributed by atoms with E-state index in [-0.39, 0.29) is 12.3 Å². The molecule has 0 unspecified atom stereocenters. The van der Waals surface area contributed by atoms with E-state index < -0.39 is 14.0 Å². The number of nitrogens with zero attached hydrogens (tertiary/aromatic N) is 6. The number of halogens is 1. The lowest BCUT2D eigenvalue weighted by atomic mass is 10.3. The lowest BCUT2D eigenvalue weighted by Crippen LogP contribution is -2.23. The Kier molecular flexibility index (Phi) is 9.14. The second kappa shape index (κ2) is 12.2. The van der Waals surface area contributed by atoms with Crippen LogP contribution < -0.4 is 9.70 Å². The third-order valence-electron chi connectivity index (χ3n) is 5.63. The number of carbonyl (C=O) groups excluding carboxylic acids is 1. The molecule has 202 valence electrons. The molecule has 0 bridgehead atoms. The number of fused-ring (bicyclic) bond motifs is 1. The van der Waals surface area contributed by atoms with Crippen LogP contribution in [-0.2, 0) is 16.2 Å². The van der Waals surface area contributed by atoms with Crippen LogP contribution >= 0.6 is 38.6 Å². The number of hydrogen-bond donors (Lipinski definition) is 0. The number of hydrogen-bond acceptors (Lipinski definition) is 10. The zero-order chi connectivity index (χ0) is 27.4. The minimum Gasteiger partial charge on any atom is -0.461 e. The van der Waals surface area contributed by atoms with E-state index in [1.54, 1.807) is 23.2 Å². The van der Waals surface area contributed by atoms with Crippen molar-refractivity contribution < 1.29 is 14.3 Å². The van der Waals surface area contributed by atoms with Gasteiger partial charge in [0.25, 0.3) is 0 Å². The number of benzene rings is 1. The average Bonchev–Trinajstić information content (AvgIpc) is 3.42. The Morgan fingerprint density at radius 2 is 1.97 bits per heavy atom. The van der Waals surface area contributed by atoms with Crippen LogP contribution in [0, 0.1) is 6.92 Å². The molecule has 3 heterocycles.